The largest absolute Gasteiger partial charge is 0.337 e. The average molecular weight is 265 g/mol. The maximum absolute atomic E-state index is 13.6. The Hall–Kier alpha value is -1.49. The number of carbonyl (C=O) groups excluding carboxylic acids is 1. The van der Waals surface area contributed by atoms with Crippen LogP contribution in [0.4, 0.5) is 4.39 Å². The van der Waals surface area contributed by atoms with Gasteiger partial charge < -0.3 is 10.2 Å². The maximum Gasteiger partial charge on any atom is 0.256 e. The molecule has 1 aromatic heterocycles. The molecule has 1 N–H and O–H groups in total. The Morgan fingerprint density at radius 3 is 3.21 bits per heavy atom. The zero-order chi connectivity index (χ0) is 13.7. The number of amides is 1. The fourth-order valence-electron chi connectivity index (χ4n) is 2.40. The molecular weight excluding hydrogens is 245 g/mol. The van der Waals surface area contributed by atoms with Crippen LogP contribution < -0.4 is 5.32 Å². The van der Waals surface area contributed by atoms with Crippen molar-refractivity contribution in [1.82, 2.24) is 15.2 Å². The molecule has 0 bridgehead atoms. The topological polar surface area (TPSA) is 45.2 Å². The van der Waals surface area contributed by atoms with Crippen LogP contribution in [-0.4, -0.2) is 41.5 Å². The van der Waals surface area contributed by atoms with Gasteiger partial charge in [-0.05, 0) is 31.9 Å². The Morgan fingerprint density at radius 2 is 2.47 bits per heavy atom. The number of nitrogens with zero attached hydrogens (tertiary/aromatic N) is 2. The molecule has 19 heavy (non-hydrogen) atoms. The van der Waals surface area contributed by atoms with Gasteiger partial charge in [-0.15, -0.1) is 0 Å². The molecule has 1 fully saturated rings. The lowest BCUT2D eigenvalue weighted by Gasteiger charge is -2.33. The van der Waals surface area contributed by atoms with Gasteiger partial charge >= 0.3 is 0 Å². The number of hydrogen-bond donors (Lipinski definition) is 1. The highest BCUT2D eigenvalue weighted by Crippen LogP contribution is 2.15. The molecule has 1 aliphatic heterocycles. The maximum atomic E-state index is 13.6. The third-order valence-corrected chi connectivity index (χ3v) is 3.39. The van der Waals surface area contributed by atoms with E-state index in [0.29, 0.717) is 19.1 Å². The van der Waals surface area contributed by atoms with Gasteiger partial charge in [-0.25, -0.2) is 4.39 Å². The molecule has 1 aliphatic rings. The van der Waals surface area contributed by atoms with Crippen molar-refractivity contribution in [2.45, 2.75) is 32.2 Å². The predicted octanol–water partition coefficient (Wildman–Crippen LogP) is 1.82. The Labute approximate surface area is 113 Å². The minimum Gasteiger partial charge on any atom is -0.337 e. The molecule has 5 heteroatoms. The molecule has 1 saturated heterocycles. The Morgan fingerprint density at radius 1 is 1.63 bits per heavy atom. The molecular formula is C14H20FN3O. The van der Waals surface area contributed by atoms with E-state index >= 15 is 0 Å². The van der Waals surface area contributed by atoms with E-state index in [1.807, 2.05) is 0 Å². The van der Waals surface area contributed by atoms with Crippen LogP contribution >= 0.6 is 0 Å². The summed E-state index contributed by atoms with van der Waals surface area (Å²) in [6.07, 6.45) is 5.64. The number of likely N-dealkylation sites (tertiary alicyclic amines) is 1. The quantitative estimate of drug-likeness (QED) is 0.903. The second-order valence-corrected chi connectivity index (χ2v) is 4.90. The second kappa shape index (κ2) is 6.61. The molecule has 104 valence electrons. The summed E-state index contributed by atoms with van der Waals surface area (Å²) in [6.45, 7) is 4.42. The van der Waals surface area contributed by atoms with Crippen LogP contribution in [0, 0.1) is 5.82 Å². The fraction of sp³-hybridized carbons (Fsp3) is 0.571. The molecule has 2 rings (SSSR count). The molecule has 4 nitrogen and oxygen atoms in total. The first-order chi connectivity index (χ1) is 9.22. The third-order valence-electron chi connectivity index (χ3n) is 3.39. The van der Waals surface area contributed by atoms with Crippen molar-refractivity contribution in [2.24, 2.45) is 0 Å². The van der Waals surface area contributed by atoms with Crippen LogP contribution in [-0.2, 0) is 0 Å². The van der Waals surface area contributed by atoms with Crippen molar-refractivity contribution in [2.75, 3.05) is 19.6 Å². The zero-order valence-corrected chi connectivity index (χ0v) is 11.2. The van der Waals surface area contributed by atoms with Gasteiger partial charge in [-0.1, -0.05) is 6.92 Å². The lowest BCUT2D eigenvalue weighted by atomic mass is 10.0. The summed E-state index contributed by atoms with van der Waals surface area (Å²) in [5.41, 5.74) is 0.117. The van der Waals surface area contributed by atoms with Crippen molar-refractivity contribution in [3.8, 4) is 0 Å². The Balaban J connectivity index is 2.01. The summed E-state index contributed by atoms with van der Waals surface area (Å²) in [5.74, 6) is -0.779. The van der Waals surface area contributed by atoms with Gasteiger partial charge in [0.2, 0.25) is 0 Å². The molecule has 2 heterocycles. The van der Waals surface area contributed by atoms with Gasteiger partial charge in [-0.2, -0.15) is 0 Å². The smallest absolute Gasteiger partial charge is 0.256 e. The predicted molar refractivity (Wildman–Crippen MR) is 71.4 cm³/mol. The van der Waals surface area contributed by atoms with Crippen molar-refractivity contribution < 1.29 is 9.18 Å². The summed E-state index contributed by atoms with van der Waals surface area (Å²) >= 11 is 0. The first kappa shape index (κ1) is 13.9. The number of rotatable bonds is 4. The van der Waals surface area contributed by atoms with Crippen molar-refractivity contribution in [1.29, 1.82) is 0 Å². The molecule has 0 aromatic carbocycles. The summed E-state index contributed by atoms with van der Waals surface area (Å²) in [7, 11) is 0. The molecule has 1 unspecified atom stereocenters. The second-order valence-electron chi connectivity index (χ2n) is 4.90. The molecule has 0 saturated carbocycles. The molecule has 0 aliphatic carbocycles. The number of carbonyl (C=O) groups is 1. The van der Waals surface area contributed by atoms with Crippen LogP contribution in [0.1, 0.15) is 36.5 Å². The third kappa shape index (κ3) is 3.50. The fourth-order valence-corrected chi connectivity index (χ4v) is 2.40. The first-order valence-corrected chi connectivity index (χ1v) is 6.84. The molecule has 1 amide bonds. The number of halogens is 1. The van der Waals surface area contributed by atoms with Gasteiger partial charge in [-0.3, -0.25) is 9.78 Å². The SMILES string of the molecule is CCCNC1CCCN(C(=O)c2ccncc2F)C1. The Bertz CT molecular complexity index is 438. The number of pyridine rings is 1. The van der Waals surface area contributed by atoms with Crippen LogP contribution in [0.25, 0.3) is 0 Å². The average Bonchev–Trinajstić information content (AvgIpc) is 2.45. The standard InChI is InChI=1S/C14H20FN3O/c1-2-6-17-11-4-3-8-18(10-11)14(19)12-5-7-16-9-13(12)15/h5,7,9,11,17H,2-4,6,8,10H2,1H3. The highest BCUT2D eigenvalue weighted by molar-refractivity contribution is 5.94. The van der Waals surface area contributed by atoms with Crippen LogP contribution in [0.2, 0.25) is 0 Å². The number of nitrogens with one attached hydrogen (secondary N) is 1. The first-order valence-electron chi connectivity index (χ1n) is 6.84. The monoisotopic (exact) mass is 265 g/mol. The van der Waals surface area contributed by atoms with Crippen molar-refractivity contribution >= 4 is 5.91 Å². The van der Waals surface area contributed by atoms with Crippen LogP contribution in [0.3, 0.4) is 0 Å². The van der Waals surface area contributed by atoms with E-state index in [2.05, 4.69) is 17.2 Å². The normalized spacial score (nSPS) is 19.5. The number of aromatic nitrogens is 1. The van der Waals surface area contributed by atoms with E-state index < -0.39 is 5.82 Å². The highest BCUT2D eigenvalue weighted by atomic mass is 19.1. The van der Waals surface area contributed by atoms with E-state index in [0.717, 1.165) is 32.0 Å². The minimum atomic E-state index is -0.545. The van der Waals surface area contributed by atoms with Crippen molar-refractivity contribution in [3.05, 3.63) is 29.8 Å². The van der Waals surface area contributed by atoms with Gasteiger partial charge in [0.1, 0.15) is 0 Å². The van der Waals surface area contributed by atoms with Crippen LogP contribution in [0.15, 0.2) is 18.5 Å². The van der Waals surface area contributed by atoms with Gasteiger partial charge in [0, 0.05) is 25.3 Å². The molecule has 1 atom stereocenters. The number of hydrogen-bond acceptors (Lipinski definition) is 3. The summed E-state index contributed by atoms with van der Waals surface area (Å²) < 4.78 is 13.6. The zero-order valence-electron chi connectivity index (χ0n) is 11.2. The van der Waals surface area contributed by atoms with E-state index in [4.69, 9.17) is 0 Å². The molecule has 0 spiro atoms. The summed E-state index contributed by atoms with van der Waals surface area (Å²) in [6, 6.07) is 1.77. The van der Waals surface area contributed by atoms with E-state index in [1.165, 1.54) is 12.3 Å². The lowest BCUT2D eigenvalue weighted by Crippen LogP contribution is -2.48. The lowest BCUT2D eigenvalue weighted by molar-refractivity contribution is 0.0690. The van der Waals surface area contributed by atoms with Gasteiger partial charge in [0.15, 0.2) is 5.82 Å². The van der Waals surface area contributed by atoms with E-state index in [9.17, 15) is 9.18 Å². The van der Waals surface area contributed by atoms with E-state index in [1.54, 1.807) is 4.90 Å². The molecule has 0 radical (unpaired) electrons. The van der Waals surface area contributed by atoms with Gasteiger partial charge in [0.05, 0.1) is 11.8 Å². The van der Waals surface area contributed by atoms with E-state index in [-0.39, 0.29) is 11.5 Å². The number of piperidine rings is 1. The van der Waals surface area contributed by atoms with Crippen molar-refractivity contribution in [3.63, 3.8) is 0 Å². The molecule has 1 aromatic rings. The summed E-state index contributed by atoms with van der Waals surface area (Å²) in [4.78, 5) is 17.7. The Kier molecular flexibility index (Phi) is 4.85. The summed E-state index contributed by atoms with van der Waals surface area (Å²) in [5, 5.41) is 3.42. The van der Waals surface area contributed by atoms with Gasteiger partial charge in [0.25, 0.3) is 5.91 Å². The minimum absolute atomic E-state index is 0.117. The van der Waals surface area contributed by atoms with Crippen LogP contribution in [0.5, 0.6) is 0 Å². The highest BCUT2D eigenvalue weighted by Gasteiger charge is 2.25.